The van der Waals surface area contributed by atoms with Gasteiger partial charge in [0.25, 0.3) is 0 Å². The van der Waals surface area contributed by atoms with Gasteiger partial charge in [-0.1, -0.05) is 12.1 Å². The van der Waals surface area contributed by atoms with Gasteiger partial charge >= 0.3 is 0 Å². The third-order valence-electron chi connectivity index (χ3n) is 3.50. The minimum absolute atomic E-state index is 0.0351. The molecule has 0 unspecified atom stereocenters. The predicted octanol–water partition coefficient (Wildman–Crippen LogP) is 1.89. The Morgan fingerprint density at radius 1 is 1.47 bits per heavy atom. The van der Waals surface area contributed by atoms with E-state index in [1.807, 2.05) is 4.90 Å². The topological polar surface area (TPSA) is 32.3 Å². The number of amides is 1. The van der Waals surface area contributed by atoms with Crippen LogP contribution in [0, 0.1) is 12.7 Å². The van der Waals surface area contributed by atoms with Crippen molar-refractivity contribution in [2.75, 3.05) is 19.6 Å². The smallest absolute Gasteiger partial charge is 0.227 e. The molecule has 0 aromatic heterocycles. The third-order valence-corrected chi connectivity index (χ3v) is 3.50. The highest BCUT2D eigenvalue weighted by Gasteiger charge is 2.28. The van der Waals surface area contributed by atoms with Crippen LogP contribution in [0.2, 0.25) is 0 Å². The van der Waals surface area contributed by atoms with Crippen molar-refractivity contribution in [1.82, 2.24) is 10.2 Å². The van der Waals surface area contributed by atoms with Crippen molar-refractivity contribution < 1.29 is 9.18 Å². The molecule has 1 heterocycles. The molecule has 0 spiro atoms. The number of rotatable bonds is 2. The van der Waals surface area contributed by atoms with Crippen molar-refractivity contribution in [3.05, 3.63) is 35.1 Å². The van der Waals surface area contributed by atoms with Crippen LogP contribution < -0.4 is 5.32 Å². The number of aryl methyl sites for hydroxylation is 1. The highest BCUT2D eigenvalue weighted by atomic mass is 19.1. The first kappa shape index (κ1) is 14.0. The summed E-state index contributed by atoms with van der Waals surface area (Å²) >= 11 is 0. The van der Waals surface area contributed by atoms with Crippen LogP contribution in [-0.2, 0) is 11.2 Å². The fraction of sp³-hybridized carbons (Fsp3) is 0.533. The lowest BCUT2D eigenvalue weighted by molar-refractivity contribution is -0.132. The van der Waals surface area contributed by atoms with Crippen molar-refractivity contribution >= 4 is 5.91 Å². The number of benzene rings is 1. The van der Waals surface area contributed by atoms with E-state index in [4.69, 9.17) is 0 Å². The van der Waals surface area contributed by atoms with Crippen molar-refractivity contribution in [3.8, 4) is 0 Å². The molecule has 0 aliphatic carbocycles. The van der Waals surface area contributed by atoms with Gasteiger partial charge < -0.3 is 10.2 Å². The van der Waals surface area contributed by atoms with E-state index < -0.39 is 0 Å². The Morgan fingerprint density at radius 2 is 2.21 bits per heavy atom. The molecule has 3 nitrogen and oxygen atoms in total. The van der Waals surface area contributed by atoms with Gasteiger partial charge in [-0.15, -0.1) is 0 Å². The first-order chi connectivity index (χ1) is 8.87. The van der Waals surface area contributed by atoms with Gasteiger partial charge in [-0.05, 0) is 38.0 Å². The first-order valence-corrected chi connectivity index (χ1v) is 6.65. The molecule has 0 radical (unpaired) electrons. The number of halogens is 1. The molecule has 1 N–H and O–H groups in total. The third kappa shape index (κ3) is 3.53. The standard InChI is InChI=1S/C15H21FN2O/c1-11-8-12(4-5-13(11)16)9-14(19)18-7-6-17-15(2,3)10-18/h4-5,8,17H,6-7,9-10H2,1-3H3. The first-order valence-electron chi connectivity index (χ1n) is 6.65. The average Bonchev–Trinajstić information content (AvgIpc) is 2.32. The Labute approximate surface area is 113 Å². The van der Waals surface area contributed by atoms with Gasteiger partial charge in [0.15, 0.2) is 0 Å². The second kappa shape index (κ2) is 5.29. The summed E-state index contributed by atoms with van der Waals surface area (Å²) in [6.45, 7) is 8.18. The Kier molecular flexibility index (Phi) is 3.90. The number of carbonyl (C=O) groups excluding carboxylic acids is 1. The lowest BCUT2D eigenvalue weighted by atomic mass is 10.0. The number of nitrogens with zero attached hydrogens (tertiary/aromatic N) is 1. The summed E-state index contributed by atoms with van der Waals surface area (Å²) in [7, 11) is 0. The minimum atomic E-state index is -0.223. The lowest BCUT2D eigenvalue weighted by Crippen LogP contribution is -2.58. The van der Waals surface area contributed by atoms with Gasteiger partial charge in [0.2, 0.25) is 5.91 Å². The van der Waals surface area contributed by atoms with E-state index in [0.29, 0.717) is 18.5 Å². The zero-order chi connectivity index (χ0) is 14.0. The molecule has 0 saturated carbocycles. The Balaban J connectivity index is 2.02. The van der Waals surface area contributed by atoms with E-state index in [9.17, 15) is 9.18 Å². The number of hydrogen-bond donors (Lipinski definition) is 1. The van der Waals surface area contributed by atoms with E-state index in [0.717, 1.165) is 18.7 Å². The van der Waals surface area contributed by atoms with Gasteiger partial charge in [0.1, 0.15) is 5.82 Å². The normalized spacial score (nSPS) is 18.4. The summed E-state index contributed by atoms with van der Waals surface area (Å²) in [5, 5.41) is 3.38. The Bertz CT molecular complexity index is 485. The molecule has 1 aromatic carbocycles. The Morgan fingerprint density at radius 3 is 2.84 bits per heavy atom. The summed E-state index contributed by atoms with van der Waals surface area (Å²) in [5.74, 6) is -0.111. The maximum atomic E-state index is 13.2. The van der Waals surface area contributed by atoms with Gasteiger partial charge in [0, 0.05) is 25.2 Å². The zero-order valence-electron chi connectivity index (χ0n) is 11.8. The molecule has 1 aliphatic heterocycles. The monoisotopic (exact) mass is 264 g/mol. The zero-order valence-corrected chi connectivity index (χ0v) is 11.8. The molecule has 1 aliphatic rings. The Hall–Kier alpha value is -1.42. The van der Waals surface area contributed by atoms with Gasteiger partial charge in [-0.3, -0.25) is 4.79 Å². The maximum Gasteiger partial charge on any atom is 0.227 e. The van der Waals surface area contributed by atoms with Crippen LogP contribution in [0.5, 0.6) is 0 Å². The fourth-order valence-corrected chi connectivity index (χ4v) is 2.46. The molecule has 0 atom stereocenters. The van der Waals surface area contributed by atoms with Crippen molar-refractivity contribution in [1.29, 1.82) is 0 Å². The molecule has 1 saturated heterocycles. The fourth-order valence-electron chi connectivity index (χ4n) is 2.46. The van der Waals surface area contributed by atoms with Crippen LogP contribution in [-0.4, -0.2) is 36.0 Å². The minimum Gasteiger partial charge on any atom is -0.339 e. The number of hydrogen-bond acceptors (Lipinski definition) is 2. The molecular weight excluding hydrogens is 243 g/mol. The van der Waals surface area contributed by atoms with Crippen LogP contribution in [0.4, 0.5) is 4.39 Å². The summed E-state index contributed by atoms with van der Waals surface area (Å²) in [4.78, 5) is 14.1. The number of piperazine rings is 1. The molecule has 1 amide bonds. The molecule has 19 heavy (non-hydrogen) atoms. The molecule has 1 aromatic rings. The second-order valence-corrected chi connectivity index (χ2v) is 5.89. The molecular formula is C15H21FN2O. The molecule has 2 rings (SSSR count). The highest BCUT2D eigenvalue weighted by Crippen LogP contribution is 2.14. The molecule has 4 heteroatoms. The maximum absolute atomic E-state index is 13.2. The molecule has 0 bridgehead atoms. The second-order valence-electron chi connectivity index (χ2n) is 5.89. The average molecular weight is 264 g/mol. The summed E-state index contributed by atoms with van der Waals surface area (Å²) < 4.78 is 13.2. The van der Waals surface area contributed by atoms with Crippen LogP contribution in [0.3, 0.4) is 0 Å². The summed E-state index contributed by atoms with van der Waals surface area (Å²) in [6.07, 6.45) is 0.344. The quantitative estimate of drug-likeness (QED) is 0.884. The van der Waals surface area contributed by atoms with Crippen molar-refractivity contribution in [2.45, 2.75) is 32.7 Å². The van der Waals surface area contributed by atoms with E-state index in [2.05, 4.69) is 19.2 Å². The molecule has 104 valence electrons. The number of carbonyl (C=O) groups is 1. The van der Waals surface area contributed by atoms with Gasteiger partial charge in [-0.2, -0.15) is 0 Å². The van der Waals surface area contributed by atoms with Crippen LogP contribution >= 0.6 is 0 Å². The predicted molar refractivity (Wildman–Crippen MR) is 73.5 cm³/mol. The van der Waals surface area contributed by atoms with Crippen LogP contribution in [0.15, 0.2) is 18.2 Å². The van der Waals surface area contributed by atoms with Crippen molar-refractivity contribution in [3.63, 3.8) is 0 Å². The summed E-state index contributed by atoms with van der Waals surface area (Å²) in [5.41, 5.74) is 1.43. The van der Waals surface area contributed by atoms with Gasteiger partial charge in [-0.25, -0.2) is 4.39 Å². The van der Waals surface area contributed by atoms with Crippen molar-refractivity contribution in [2.24, 2.45) is 0 Å². The van der Waals surface area contributed by atoms with E-state index >= 15 is 0 Å². The van der Waals surface area contributed by atoms with E-state index in [1.54, 1.807) is 19.1 Å². The number of nitrogens with one attached hydrogen (secondary N) is 1. The van der Waals surface area contributed by atoms with E-state index in [1.165, 1.54) is 6.07 Å². The molecule has 1 fully saturated rings. The summed E-state index contributed by atoms with van der Waals surface area (Å²) in [6, 6.07) is 4.87. The SMILES string of the molecule is Cc1cc(CC(=O)N2CCNC(C)(C)C2)ccc1F. The largest absolute Gasteiger partial charge is 0.339 e. The highest BCUT2D eigenvalue weighted by molar-refractivity contribution is 5.79. The van der Waals surface area contributed by atoms with Gasteiger partial charge in [0.05, 0.1) is 6.42 Å². The van der Waals surface area contributed by atoms with Crippen LogP contribution in [0.1, 0.15) is 25.0 Å². The lowest BCUT2D eigenvalue weighted by Gasteiger charge is -2.39. The van der Waals surface area contributed by atoms with Crippen LogP contribution in [0.25, 0.3) is 0 Å². The van der Waals surface area contributed by atoms with E-state index in [-0.39, 0.29) is 17.3 Å².